The Kier molecular flexibility index (Phi) is 5.72. The fourth-order valence-corrected chi connectivity index (χ4v) is 5.55. The van der Waals surface area contributed by atoms with Gasteiger partial charge in [0, 0.05) is 25.2 Å². The van der Waals surface area contributed by atoms with Gasteiger partial charge in [-0.25, -0.2) is 8.42 Å². The molecule has 6 nitrogen and oxygen atoms in total. The van der Waals surface area contributed by atoms with Crippen molar-refractivity contribution >= 4 is 21.6 Å². The number of anilines is 1. The van der Waals surface area contributed by atoms with Crippen molar-refractivity contribution < 1.29 is 17.9 Å². The predicted octanol–water partition coefficient (Wildman–Crippen LogP) is 3.07. The normalized spacial score (nSPS) is 19.7. The zero-order chi connectivity index (χ0) is 20.4. The first-order valence-electron chi connectivity index (χ1n) is 10.0. The van der Waals surface area contributed by atoms with E-state index in [0.29, 0.717) is 38.4 Å². The first-order chi connectivity index (χ1) is 13.9. The van der Waals surface area contributed by atoms with Crippen LogP contribution in [0.25, 0.3) is 0 Å². The number of fused-ring (bicyclic) bond motifs is 1. The molecule has 7 heteroatoms. The van der Waals surface area contributed by atoms with Crippen LogP contribution in [0.15, 0.2) is 47.4 Å². The minimum absolute atomic E-state index is 0.0873. The van der Waals surface area contributed by atoms with Gasteiger partial charge in [0.1, 0.15) is 0 Å². The Morgan fingerprint density at radius 1 is 1.17 bits per heavy atom. The Bertz CT molecular complexity index is 1010. The third-order valence-corrected chi connectivity index (χ3v) is 7.67. The van der Waals surface area contributed by atoms with Crippen molar-refractivity contribution in [2.45, 2.75) is 37.0 Å². The van der Waals surface area contributed by atoms with Gasteiger partial charge in [-0.05, 0) is 54.5 Å². The molecule has 1 unspecified atom stereocenters. The number of morpholine rings is 1. The Balaban J connectivity index is 1.49. The largest absolute Gasteiger partial charge is 0.379 e. The average Bonchev–Trinajstić information content (AvgIpc) is 3.13. The smallest absolute Gasteiger partial charge is 0.243 e. The maximum atomic E-state index is 12.9. The number of hydrogen-bond donors (Lipinski definition) is 1. The molecule has 1 saturated heterocycles. The third-order valence-electron chi connectivity index (χ3n) is 5.78. The van der Waals surface area contributed by atoms with Gasteiger partial charge >= 0.3 is 0 Å². The van der Waals surface area contributed by atoms with Crippen LogP contribution in [-0.2, 0) is 26.0 Å². The molecule has 1 N–H and O–H groups in total. The molecule has 0 saturated carbocycles. The summed E-state index contributed by atoms with van der Waals surface area (Å²) in [4.78, 5) is 12.9. The summed E-state index contributed by atoms with van der Waals surface area (Å²) in [6.45, 7) is 3.36. The van der Waals surface area contributed by atoms with Gasteiger partial charge in [0.15, 0.2) is 0 Å². The van der Waals surface area contributed by atoms with Crippen molar-refractivity contribution in [3.63, 3.8) is 0 Å². The summed E-state index contributed by atoms with van der Waals surface area (Å²) in [5.41, 5.74) is 3.96. The average molecular weight is 415 g/mol. The van der Waals surface area contributed by atoms with E-state index in [1.807, 2.05) is 19.1 Å². The fraction of sp³-hybridized carbons (Fsp3) is 0.409. The Hall–Kier alpha value is -2.22. The topological polar surface area (TPSA) is 75.7 Å². The van der Waals surface area contributed by atoms with Crippen molar-refractivity contribution in [2.24, 2.45) is 0 Å². The number of hydrogen-bond acceptors (Lipinski definition) is 4. The summed E-state index contributed by atoms with van der Waals surface area (Å²) in [6.07, 6.45) is 2.37. The Morgan fingerprint density at radius 2 is 1.93 bits per heavy atom. The van der Waals surface area contributed by atoms with Gasteiger partial charge in [0.25, 0.3) is 0 Å². The summed E-state index contributed by atoms with van der Waals surface area (Å²) in [5.74, 6) is 0.127. The highest BCUT2D eigenvalue weighted by Gasteiger charge is 2.28. The van der Waals surface area contributed by atoms with Gasteiger partial charge < -0.3 is 10.1 Å². The van der Waals surface area contributed by atoms with Crippen LogP contribution in [0.4, 0.5) is 5.69 Å². The zero-order valence-corrected chi connectivity index (χ0v) is 17.4. The second-order valence-corrected chi connectivity index (χ2v) is 9.62. The summed E-state index contributed by atoms with van der Waals surface area (Å²) in [5, 5.41) is 2.94. The van der Waals surface area contributed by atoms with Crippen LogP contribution in [0.3, 0.4) is 0 Å². The fourth-order valence-electron chi connectivity index (χ4n) is 4.11. The van der Waals surface area contributed by atoms with Crippen molar-refractivity contribution in [1.82, 2.24) is 4.31 Å². The molecule has 4 rings (SSSR count). The van der Waals surface area contributed by atoms with Crippen LogP contribution in [0.2, 0.25) is 0 Å². The lowest BCUT2D eigenvalue weighted by molar-refractivity contribution is -0.116. The van der Waals surface area contributed by atoms with E-state index < -0.39 is 10.0 Å². The zero-order valence-electron chi connectivity index (χ0n) is 16.6. The number of carbonyl (C=O) groups excluding carboxylic acids is 1. The highest BCUT2D eigenvalue weighted by atomic mass is 32.2. The molecule has 2 aromatic carbocycles. The number of amides is 1. The first-order valence-corrected chi connectivity index (χ1v) is 11.5. The van der Waals surface area contributed by atoms with Crippen LogP contribution in [0.1, 0.15) is 35.4 Å². The molecule has 0 aromatic heterocycles. The van der Waals surface area contributed by atoms with Crippen LogP contribution in [-0.4, -0.2) is 44.9 Å². The van der Waals surface area contributed by atoms with E-state index in [9.17, 15) is 13.2 Å². The highest BCUT2D eigenvalue weighted by molar-refractivity contribution is 7.89. The number of ether oxygens (including phenoxy) is 1. The molecule has 29 heavy (non-hydrogen) atoms. The summed E-state index contributed by atoms with van der Waals surface area (Å²) < 4.78 is 32.5. The lowest BCUT2D eigenvalue weighted by atomic mass is 9.97. The lowest BCUT2D eigenvalue weighted by Crippen LogP contribution is -2.40. The van der Waals surface area contributed by atoms with E-state index in [1.54, 1.807) is 18.2 Å². The van der Waals surface area contributed by atoms with Gasteiger partial charge in [0.2, 0.25) is 15.9 Å². The molecule has 1 amide bonds. The number of sulfonamides is 1. The van der Waals surface area contributed by atoms with Gasteiger partial charge in [-0.15, -0.1) is 0 Å². The highest BCUT2D eigenvalue weighted by Crippen LogP contribution is 2.35. The molecule has 0 bridgehead atoms. The molecular formula is C22H26N2O4S. The molecule has 0 radical (unpaired) electrons. The number of nitrogens with one attached hydrogen (secondary N) is 1. The van der Waals surface area contributed by atoms with Gasteiger partial charge in [0.05, 0.1) is 18.1 Å². The molecular weight excluding hydrogens is 388 g/mol. The van der Waals surface area contributed by atoms with Gasteiger partial charge in [-0.1, -0.05) is 30.3 Å². The van der Waals surface area contributed by atoms with Crippen LogP contribution >= 0.6 is 0 Å². The summed E-state index contributed by atoms with van der Waals surface area (Å²) >= 11 is 0. The van der Waals surface area contributed by atoms with Crippen molar-refractivity contribution in [3.8, 4) is 0 Å². The van der Waals surface area contributed by atoms with Crippen LogP contribution in [0.5, 0.6) is 0 Å². The van der Waals surface area contributed by atoms with Crippen LogP contribution < -0.4 is 5.32 Å². The van der Waals surface area contributed by atoms with Crippen molar-refractivity contribution in [3.05, 3.63) is 59.2 Å². The second kappa shape index (κ2) is 8.26. The van der Waals surface area contributed by atoms with E-state index in [1.165, 1.54) is 15.4 Å². The molecule has 2 aliphatic rings. The second-order valence-electron chi connectivity index (χ2n) is 7.68. The molecule has 1 heterocycles. The molecule has 1 atom stereocenters. The van der Waals surface area contributed by atoms with Crippen molar-refractivity contribution in [2.75, 3.05) is 31.6 Å². The minimum atomic E-state index is -3.60. The van der Waals surface area contributed by atoms with Gasteiger partial charge in [-0.2, -0.15) is 4.31 Å². The van der Waals surface area contributed by atoms with E-state index in [-0.39, 0.29) is 16.7 Å². The molecule has 1 aliphatic carbocycles. The monoisotopic (exact) mass is 414 g/mol. The Morgan fingerprint density at radius 3 is 2.72 bits per heavy atom. The number of nitrogens with zero attached hydrogens (tertiary/aromatic N) is 1. The number of carbonyl (C=O) groups is 1. The Labute approximate surface area is 171 Å². The number of benzene rings is 2. The van der Waals surface area contributed by atoms with Crippen LogP contribution in [0, 0.1) is 6.92 Å². The standard InChI is InChI=1S/C22H26N2O4S/c1-16-6-9-19(29(26,27)24-10-12-28-13-11-24)15-21(16)23-22(25)14-18-8-7-17-4-2-3-5-20(17)18/h2-6,9,15,18H,7-8,10-14H2,1H3,(H,23,25). The summed E-state index contributed by atoms with van der Waals surface area (Å²) in [6, 6.07) is 13.2. The quantitative estimate of drug-likeness (QED) is 0.816. The minimum Gasteiger partial charge on any atom is -0.379 e. The first kappa shape index (κ1) is 20.1. The molecule has 1 aliphatic heterocycles. The predicted molar refractivity (Wildman–Crippen MR) is 112 cm³/mol. The van der Waals surface area contributed by atoms with Crippen molar-refractivity contribution in [1.29, 1.82) is 0 Å². The maximum absolute atomic E-state index is 12.9. The SMILES string of the molecule is Cc1ccc(S(=O)(=O)N2CCOCC2)cc1NC(=O)CC1CCc2ccccc21. The third kappa shape index (κ3) is 4.22. The molecule has 0 spiro atoms. The number of aryl methyl sites for hydroxylation is 2. The van der Waals surface area contributed by atoms with E-state index >= 15 is 0 Å². The number of rotatable bonds is 5. The summed E-state index contributed by atoms with van der Waals surface area (Å²) in [7, 11) is -3.60. The molecule has 154 valence electrons. The van der Waals surface area contributed by atoms with E-state index in [2.05, 4.69) is 17.4 Å². The lowest BCUT2D eigenvalue weighted by Gasteiger charge is -2.26. The molecule has 1 fully saturated rings. The van der Waals surface area contributed by atoms with E-state index in [4.69, 9.17) is 4.74 Å². The van der Waals surface area contributed by atoms with Gasteiger partial charge in [-0.3, -0.25) is 4.79 Å². The maximum Gasteiger partial charge on any atom is 0.243 e. The molecule has 2 aromatic rings. The van der Waals surface area contributed by atoms with E-state index in [0.717, 1.165) is 18.4 Å².